The molecule has 0 atom stereocenters. The Morgan fingerprint density at radius 1 is 0.971 bits per heavy atom. The second-order valence-electron chi connectivity index (χ2n) is 8.59. The topological polar surface area (TPSA) is 67.2 Å². The summed E-state index contributed by atoms with van der Waals surface area (Å²) in [7, 11) is 0. The molecule has 0 saturated carbocycles. The number of nitrogens with zero attached hydrogens (tertiary/aromatic N) is 6. The van der Waals surface area contributed by atoms with Crippen molar-refractivity contribution in [2.75, 3.05) is 31.1 Å². The zero-order valence-electron chi connectivity index (χ0n) is 19.6. The first kappa shape index (κ1) is 22.3. The number of piperazine rings is 1. The molecule has 1 aliphatic rings. The van der Waals surface area contributed by atoms with Gasteiger partial charge >= 0.3 is 0 Å². The van der Waals surface area contributed by atoms with E-state index in [2.05, 4.69) is 30.9 Å². The minimum atomic E-state index is 0.0296. The molecule has 174 valence electrons. The maximum absolute atomic E-state index is 12.9. The molecule has 4 aromatic rings. The number of amides is 1. The van der Waals surface area contributed by atoms with Crippen LogP contribution in [0.2, 0.25) is 5.02 Å². The van der Waals surface area contributed by atoms with Gasteiger partial charge in [-0.3, -0.25) is 4.79 Å². The molecule has 8 heteroatoms. The zero-order chi connectivity index (χ0) is 23.8. The van der Waals surface area contributed by atoms with Gasteiger partial charge in [-0.15, -0.1) is 0 Å². The Hall–Kier alpha value is -3.45. The molecule has 1 aliphatic heterocycles. The molecular weight excluding hydrogens is 448 g/mol. The number of rotatable bonds is 4. The highest BCUT2D eigenvalue weighted by Crippen LogP contribution is 2.30. The van der Waals surface area contributed by atoms with Crippen molar-refractivity contribution in [3.63, 3.8) is 0 Å². The molecule has 2 aromatic carbocycles. The van der Waals surface area contributed by atoms with E-state index in [0.29, 0.717) is 36.8 Å². The van der Waals surface area contributed by atoms with Crippen molar-refractivity contribution in [2.24, 2.45) is 0 Å². The molecule has 3 heterocycles. The van der Waals surface area contributed by atoms with Crippen molar-refractivity contribution in [3.05, 3.63) is 76.2 Å². The van der Waals surface area contributed by atoms with E-state index in [4.69, 9.17) is 26.7 Å². The van der Waals surface area contributed by atoms with Crippen LogP contribution < -0.4 is 4.90 Å². The third-order valence-corrected chi connectivity index (χ3v) is 6.60. The molecule has 0 spiro atoms. The number of halogens is 1. The fraction of sp³-hybridized carbons (Fsp3) is 0.308. The molecule has 5 rings (SSSR count). The summed E-state index contributed by atoms with van der Waals surface area (Å²) >= 11 is 5.97. The lowest BCUT2D eigenvalue weighted by Gasteiger charge is -2.35. The highest BCUT2D eigenvalue weighted by Gasteiger charge is 2.27. The number of aromatic nitrogens is 4. The first-order valence-electron chi connectivity index (χ1n) is 11.6. The predicted molar refractivity (Wildman–Crippen MR) is 135 cm³/mol. The van der Waals surface area contributed by atoms with Gasteiger partial charge in [0.25, 0.3) is 5.91 Å². The number of benzene rings is 2. The normalized spacial score (nSPS) is 14.1. The fourth-order valence-corrected chi connectivity index (χ4v) is 4.58. The van der Waals surface area contributed by atoms with Crippen LogP contribution in [0.5, 0.6) is 0 Å². The minimum absolute atomic E-state index is 0.0296. The summed E-state index contributed by atoms with van der Waals surface area (Å²) in [6.45, 7) is 8.80. The van der Waals surface area contributed by atoms with E-state index in [1.807, 2.05) is 28.6 Å². The lowest BCUT2D eigenvalue weighted by molar-refractivity contribution is 0.0746. The smallest absolute Gasteiger partial charge is 0.253 e. The van der Waals surface area contributed by atoms with Gasteiger partial charge in [-0.2, -0.15) is 5.10 Å². The van der Waals surface area contributed by atoms with Crippen LogP contribution in [0.25, 0.3) is 16.7 Å². The van der Waals surface area contributed by atoms with Crippen molar-refractivity contribution < 1.29 is 4.79 Å². The molecule has 1 amide bonds. The third-order valence-electron chi connectivity index (χ3n) is 6.35. The van der Waals surface area contributed by atoms with E-state index >= 15 is 0 Å². The molecule has 1 fully saturated rings. The lowest BCUT2D eigenvalue weighted by atomic mass is 10.1. The number of fused-ring (bicyclic) bond motifs is 1. The van der Waals surface area contributed by atoms with E-state index in [0.717, 1.165) is 46.0 Å². The van der Waals surface area contributed by atoms with Crippen molar-refractivity contribution >= 4 is 34.4 Å². The standard InChI is InChI=1S/C26H27ClN6O/c1-4-22-28-24(23-18(3)30-33(25(23)29-22)21-8-6-5-7-17(21)2)31-13-15-32(16-14-31)26(34)19-9-11-20(27)12-10-19/h5-12H,4,13-16H2,1-3H3. The van der Waals surface area contributed by atoms with Crippen LogP contribution in [-0.4, -0.2) is 56.7 Å². The average Bonchev–Trinajstić information content (AvgIpc) is 3.20. The Bertz CT molecular complexity index is 1360. The minimum Gasteiger partial charge on any atom is -0.352 e. The van der Waals surface area contributed by atoms with Gasteiger partial charge < -0.3 is 9.80 Å². The Morgan fingerprint density at radius 2 is 1.68 bits per heavy atom. The summed E-state index contributed by atoms with van der Waals surface area (Å²) in [5, 5.41) is 6.45. The molecule has 0 bridgehead atoms. The first-order valence-corrected chi connectivity index (χ1v) is 12.0. The highest BCUT2D eigenvalue weighted by atomic mass is 35.5. The summed E-state index contributed by atoms with van der Waals surface area (Å²) in [5.41, 5.74) is 4.54. The SMILES string of the molecule is CCc1nc(N2CCN(C(=O)c3ccc(Cl)cc3)CC2)c2c(C)nn(-c3ccccc3C)c2n1. The molecular formula is C26H27ClN6O. The van der Waals surface area contributed by atoms with Gasteiger partial charge in [0.2, 0.25) is 0 Å². The maximum atomic E-state index is 12.9. The zero-order valence-corrected chi connectivity index (χ0v) is 20.4. The van der Waals surface area contributed by atoms with E-state index in [1.165, 1.54) is 0 Å². The van der Waals surface area contributed by atoms with Gasteiger partial charge in [0.1, 0.15) is 11.6 Å². The van der Waals surface area contributed by atoms with E-state index in [9.17, 15) is 4.79 Å². The van der Waals surface area contributed by atoms with E-state index in [-0.39, 0.29) is 5.91 Å². The molecule has 2 aromatic heterocycles. The molecule has 0 N–H and O–H groups in total. The van der Waals surface area contributed by atoms with Gasteiger partial charge in [-0.1, -0.05) is 36.7 Å². The summed E-state index contributed by atoms with van der Waals surface area (Å²) in [4.78, 5) is 26.9. The number of hydrogen-bond acceptors (Lipinski definition) is 5. The van der Waals surface area contributed by atoms with Gasteiger partial charge in [0.15, 0.2) is 5.65 Å². The van der Waals surface area contributed by atoms with Crippen LogP contribution in [0.4, 0.5) is 5.82 Å². The van der Waals surface area contributed by atoms with Gasteiger partial charge in [0, 0.05) is 43.2 Å². The largest absolute Gasteiger partial charge is 0.352 e. The summed E-state index contributed by atoms with van der Waals surface area (Å²) in [6, 6.07) is 15.3. The third kappa shape index (κ3) is 4.01. The number of anilines is 1. The predicted octanol–water partition coefficient (Wildman–Crippen LogP) is 4.61. The number of para-hydroxylation sites is 1. The van der Waals surface area contributed by atoms with Crippen LogP contribution in [0.15, 0.2) is 48.5 Å². The second-order valence-corrected chi connectivity index (χ2v) is 9.02. The Kier molecular flexibility index (Phi) is 5.96. The maximum Gasteiger partial charge on any atom is 0.253 e. The number of hydrogen-bond donors (Lipinski definition) is 0. The highest BCUT2D eigenvalue weighted by molar-refractivity contribution is 6.30. The fourth-order valence-electron chi connectivity index (χ4n) is 4.46. The van der Waals surface area contributed by atoms with Gasteiger partial charge in [-0.05, 0) is 49.7 Å². The molecule has 7 nitrogen and oxygen atoms in total. The van der Waals surface area contributed by atoms with Crippen molar-refractivity contribution in [1.29, 1.82) is 0 Å². The van der Waals surface area contributed by atoms with Gasteiger partial charge in [-0.25, -0.2) is 14.6 Å². The average molecular weight is 475 g/mol. The monoisotopic (exact) mass is 474 g/mol. The van der Waals surface area contributed by atoms with Crippen LogP contribution >= 0.6 is 11.6 Å². The number of carbonyl (C=O) groups is 1. The van der Waals surface area contributed by atoms with Crippen LogP contribution in [0.1, 0.15) is 34.4 Å². The summed E-state index contributed by atoms with van der Waals surface area (Å²) in [6.07, 6.45) is 0.732. The second kappa shape index (κ2) is 9.06. The Morgan fingerprint density at radius 3 is 2.35 bits per heavy atom. The number of aryl methyl sites for hydroxylation is 3. The van der Waals surface area contributed by atoms with E-state index in [1.54, 1.807) is 24.3 Å². The molecule has 0 unspecified atom stereocenters. The van der Waals surface area contributed by atoms with Crippen LogP contribution in [0, 0.1) is 13.8 Å². The summed E-state index contributed by atoms with van der Waals surface area (Å²) < 4.78 is 1.94. The van der Waals surface area contributed by atoms with Crippen molar-refractivity contribution in [1.82, 2.24) is 24.6 Å². The first-order chi connectivity index (χ1) is 16.5. The van der Waals surface area contributed by atoms with Crippen molar-refractivity contribution in [3.8, 4) is 5.69 Å². The molecule has 1 saturated heterocycles. The number of carbonyl (C=O) groups excluding carboxylic acids is 1. The Labute approximate surface area is 204 Å². The molecule has 0 radical (unpaired) electrons. The quantitative estimate of drug-likeness (QED) is 0.432. The lowest BCUT2D eigenvalue weighted by Crippen LogP contribution is -2.49. The summed E-state index contributed by atoms with van der Waals surface area (Å²) in [5.74, 6) is 1.72. The van der Waals surface area contributed by atoms with Gasteiger partial charge in [0.05, 0.1) is 16.8 Å². The van der Waals surface area contributed by atoms with Crippen LogP contribution in [-0.2, 0) is 6.42 Å². The Balaban J connectivity index is 1.47. The van der Waals surface area contributed by atoms with E-state index < -0.39 is 0 Å². The van der Waals surface area contributed by atoms with Crippen LogP contribution in [0.3, 0.4) is 0 Å². The molecule has 34 heavy (non-hydrogen) atoms. The molecule has 0 aliphatic carbocycles. The van der Waals surface area contributed by atoms with Crippen molar-refractivity contribution in [2.45, 2.75) is 27.2 Å².